The van der Waals surface area contributed by atoms with Crippen molar-refractivity contribution < 1.29 is 23.1 Å². The molecule has 1 amide bonds. The van der Waals surface area contributed by atoms with Gasteiger partial charge in [-0.2, -0.15) is 4.72 Å². The maximum absolute atomic E-state index is 13.2. The van der Waals surface area contributed by atoms with E-state index in [9.17, 15) is 23.1 Å². The van der Waals surface area contributed by atoms with Gasteiger partial charge in [0.1, 0.15) is 10.9 Å². The number of sulfonamides is 1. The van der Waals surface area contributed by atoms with E-state index in [1.54, 1.807) is 18.2 Å². The van der Waals surface area contributed by atoms with Crippen LogP contribution in [0.5, 0.6) is 0 Å². The SMILES string of the molecule is CC(C)c1nc(C2CCN(C3CCNCC3)CC2)sc1C(=O)NCC(NS(=O)(=O)c1ccccc1)C(=O)O. The van der Waals surface area contributed by atoms with Crippen molar-refractivity contribution in [2.45, 2.75) is 68.3 Å². The first-order chi connectivity index (χ1) is 18.2. The lowest BCUT2D eigenvalue weighted by Crippen LogP contribution is -2.48. The molecule has 12 heteroatoms. The minimum atomic E-state index is -4.06. The number of aromatic nitrogens is 1. The van der Waals surface area contributed by atoms with Crippen LogP contribution < -0.4 is 15.4 Å². The Morgan fingerprint density at radius 3 is 2.39 bits per heavy atom. The van der Waals surface area contributed by atoms with Crippen molar-refractivity contribution in [1.82, 2.24) is 25.2 Å². The van der Waals surface area contributed by atoms with E-state index in [0.717, 1.165) is 44.0 Å². The van der Waals surface area contributed by atoms with Crippen LogP contribution in [0.3, 0.4) is 0 Å². The van der Waals surface area contributed by atoms with Crippen LogP contribution in [0.25, 0.3) is 0 Å². The molecule has 0 bridgehead atoms. The molecule has 2 fully saturated rings. The van der Waals surface area contributed by atoms with Gasteiger partial charge >= 0.3 is 5.97 Å². The van der Waals surface area contributed by atoms with Crippen molar-refractivity contribution in [1.29, 1.82) is 0 Å². The number of carbonyl (C=O) groups excluding carboxylic acids is 1. The summed E-state index contributed by atoms with van der Waals surface area (Å²) in [5.41, 5.74) is 0.694. The number of rotatable bonds is 10. The first-order valence-corrected chi connectivity index (χ1v) is 15.5. The highest BCUT2D eigenvalue weighted by atomic mass is 32.2. The molecule has 2 saturated heterocycles. The molecule has 4 rings (SSSR count). The number of carboxylic acids is 1. The monoisotopic (exact) mass is 563 g/mol. The van der Waals surface area contributed by atoms with Crippen LogP contribution in [0.4, 0.5) is 0 Å². The Morgan fingerprint density at radius 1 is 1.13 bits per heavy atom. The van der Waals surface area contributed by atoms with E-state index in [2.05, 4.69) is 20.3 Å². The van der Waals surface area contributed by atoms with Crippen LogP contribution in [-0.2, 0) is 14.8 Å². The molecule has 2 aromatic rings. The number of aliphatic carboxylic acids is 1. The number of carboxylic acid groups (broad SMARTS) is 1. The summed E-state index contributed by atoms with van der Waals surface area (Å²) < 4.78 is 27.4. The summed E-state index contributed by atoms with van der Waals surface area (Å²) in [6.45, 7) is 7.75. The number of benzene rings is 1. The van der Waals surface area contributed by atoms with Crippen LogP contribution in [-0.4, -0.2) is 80.1 Å². The molecule has 38 heavy (non-hydrogen) atoms. The summed E-state index contributed by atoms with van der Waals surface area (Å²) in [6.07, 6.45) is 4.36. The predicted octanol–water partition coefficient (Wildman–Crippen LogP) is 2.36. The first-order valence-electron chi connectivity index (χ1n) is 13.2. The van der Waals surface area contributed by atoms with E-state index in [0.29, 0.717) is 22.5 Å². The maximum Gasteiger partial charge on any atom is 0.323 e. The molecule has 208 valence electrons. The zero-order chi connectivity index (χ0) is 27.3. The Labute approximate surface area is 228 Å². The fraction of sp³-hybridized carbons (Fsp3) is 0.577. The second-order valence-electron chi connectivity index (χ2n) is 10.2. The van der Waals surface area contributed by atoms with Gasteiger partial charge in [-0.1, -0.05) is 32.0 Å². The molecule has 1 unspecified atom stereocenters. The average Bonchev–Trinajstić information content (AvgIpc) is 3.38. The molecule has 3 heterocycles. The Balaban J connectivity index is 1.40. The third-order valence-corrected chi connectivity index (χ3v) is 9.96. The third-order valence-electron chi connectivity index (χ3n) is 7.24. The number of likely N-dealkylation sites (tertiary alicyclic amines) is 1. The van der Waals surface area contributed by atoms with E-state index < -0.39 is 27.9 Å². The smallest absolute Gasteiger partial charge is 0.323 e. The maximum atomic E-state index is 13.2. The number of amides is 1. The summed E-state index contributed by atoms with van der Waals surface area (Å²) in [5, 5.41) is 16.6. The highest BCUT2D eigenvalue weighted by molar-refractivity contribution is 7.89. The summed E-state index contributed by atoms with van der Waals surface area (Å²) in [4.78, 5) is 32.8. The summed E-state index contributed by atoms with van der Waals surface area (Å²) in [6, 6.07) is 6.66. The lowest BCUT2D eigenvalue weighted by Gasteiger charge is -2.39. The molecule has 0 spiro atoms. The fourth-order valence-corrected chi connectivity index (χ4v) is 7.59. The molecule has 1 aromatic heterocycles. The Kier molecular flexibility index (Phi) is 9.53. The zero-order valence-electron chi connectivity index (χ0n) is 21.9. The van der Waals surface area contributed by atoms with Gasteiger partial charge < -0.3 is 20.6 Å². The standard InChI is InChI=1S/C26H37N5O5S2/c1-17(2)22-23(37-25(29-22)18-10-14-31(15-11-18)19-8-12-27-13-9-19)24(32)28-16-21(26(33)34)30-38(35,36)20-6-4-3-5-7-20/h3-7,17-19,21,27,30H,8-16H2,1-2H3,(H,28,32)(H,33,34). The minimum absolute atomic E-state index is 0.0161. The quantitative estimate of drug-likeness (QED) is 0.345. The lowest BCUT2D eigenvalue weighted by atomic mass is 9.94. The second kappa shape index (κ2) is 12.6. The van der Waals surface area contributed by atoms with Crippen molar-refractivity contribution in [2.75, 3.05) is 32.7 Å². The van der Waals surface area contributed by atoms with Gasteiger partial charge in [0.15, 0.2) is 0 Å². The van der Waals surface area contributed by atoms with Crippen LogP contribution in [0.1, 0.15) is 71.7 Å². The molecular formula is C26H37N5O5S2. The topological polar surface area (TPSA) is 141 Å². The molecule has 10 nitrogen and oxygen atoms in total. The van der Waals surface area contributed by atoms with Gasteiger partial charge in [0.2, 0.25) is 10.0 Å². The van der Waals surface area contributed by atoms with Gasteiger partial charge in [0, 0.05) is 18.5 Å². The normalized spacial score (nSPS) is 18.9. The molecule has 0 aliphatic carbocycles. The van der Waals surface area contributed by atoms with Gasteiger partial charge in [-0.05, 0) is 69.9 Å². The van der Waals surface area contributed by atoms with Crippen LogP contribution in [0, 0.1) is 0 Å². The minimum Gasteiger partial charge on any atom is -0.480 e. The van der Waals surface area contributed by atoms with Crippen molar-refractivity contribution >= 4 is 33.2 Å². The van der Waals surface area contributed by atoms with E-state index in [-0.39, 0.29) is 17.4 Å². The van der Waals surface area contributed by atoms with E-state index in [1.165, 1.54) is 36.3 Å². The number of nitrogens with zero attached hydrogens (tertiary/aromatic N) is 2. The highest BCUT2D eigenvalue weighted by Gasteiger charge is 2.31. The van der Waals surface area contributed by atoms with Crippen molar-refractivity contribution in [3.05, 3.63) is 45.9 Å². The Morgan fingerprint density at radius 2 is 1.79 bits per heavy atom. The van der Waals surface area contributed by atoms with Crippen LogP contribution in [0.15, 0.2) is 35.2 Å². The predicted molar refractivity (Wildman–Crippen MR) is 146 cm³/mol. The molecular weight excluding hydrogens is 526 g/mol. The Hall–Kier alpha value is -2.38. The van der Waals surface area contributed by atoms with E-state index in [1.807, 2.05) is 13.8 Å². The molecule has 4 N–H and O–H groups in total. The van der Waals surface area contributed by atoms with E-state index in [4.69, 9.17) is 4.98 Å². The van der Waals surface area contributed by atoms with Gasteiger partial charge in [0.05, 0.1) is 15.6 Å². The molecule has 0 saturated carbocycles. The van der Waals surface area contributed by atoms with Gasteiger partial charge in [-0.25, -0.2) is 13.4 Å². The average molecular weight is 564 g/mol. The van der Waals surface area contributed by atoms with Crippen molar-refractivity contribution in [2.24, 2.45) is 0 Å². The summed E-state index contributed by atoms with van der Waals surface area (Å²) >= 11 is 1.37. The first kappa shape index (κ1) is 28.6. The van der Waals surface area contributed by atoms with Crippen LogP contribution >= 0.6 is 11.3 Å². The number of carbonyl (C=O) groups is 2. The van der Waals surface area contributed by atoms with E-state index >= 15 is 0 Å². The second-order valence-corrected chi connectivity index (χ2v) is 13.0. The van der Waals surface area contributed by atoms with Crippen molar-refractivity contribution in [3.63, 3.8) is 0 Å². The van der Waals surface area contributed by atoms with Crippen molar-refractivity contribution in [3.8, 4) is 0 Å². The van der Waals surface area contributed by atoms with Gasteiger partial charge in [-0.3, -0.25) is 9.59 Å². The Bertz CT molecular complexity index is 1200. The largest absolute Gasteiger partial charge is 0.480 e. The van der Waals surface area contributed by atoms with Crippen LogP contribution in [0.2, 0.25) is 0 Å². The highest BCUT2D eigenvalue weighted by Crippen LogP contribution is 2.35. The summed E-state index contributed by atoms with van der Waals surface area (Å²) in [7, 11) is -4.06. The fourth-order valence-electron chi connectivity index (χ4n) is 5.07. The number of hydrogen-bond acceptors (Lipinski definition) is 8. The van der Waals surface area contributed by atoms with Gasteiger partial charge in [-0.15, -0.1) is 11.3 Å². The zero-order valence-corrected chi connectivity index (χ0v) is 23.5. The number of piperidine rings is 2. The number of hydrogen-bond donors (Lipinski definition) is 4. The summed E-state index contributed by atoms with van der Waals surface area (Å²) in [5.74, 6) is -1.50. The molecule has 2 aliphatic heterocycles. The molecule has 2 aliphatic rings. The molecule has 1 aromatic carbocycles. The third kappa shape index (κ3) is 6.97. The number of thiazole rings is 1. The molecule has 0 radical (unpaired) electrons. The lowest BCUT2D eigenvalue weighted by molar-refractivity contribution is -0.138. The van der Waals surface area contributed by atoms with Gasteiger partial charge in [0.25, 0.3) is 5.91 Å². The molecule has 1 atom stereocenters. The number of nitrogens with one attached hydrogen (secondary N) is 3.